The Morgan fingerprint density at radius 2 is 2.32 bits per heavy atom. The summed E-state index contributed by atoms with van der Waals surface area (Å²) in [5.41, 5.74) is 2.19. The van der Waals surface area contributed by atoms with Crippen molar-refractivity contribution in [3.8, 4) is 6.07 Å². The molecule has 7 nitrogen and oxygen atoms in total. The lowest BCUT2D eigenvalue weighted by Gasteiger charge is -2.17. The standard InChI is InChI=1S/C17H16N6OS/c1-11-9-23-15(19-11)3-2-14(21-23)20-13-4-6-22(10-13)17(24)16-12(8-18)5-7-25-16/h2-3,5,7,9,13H,4,6,10H2,1H3,(H,20,21). The average Bonchev–Trinajstić information content (AvgIpc) is 3.32. The third-order valence-corrected chi connectivity index (χ3v) is 5.15. The minimum atomic E-state index is -0.0653. The first-order valence-electron chi connectivity index (χ1n) is 8.00. The number of fused-ring (bicyclic) bond motifs is 1. The number of amides is 1. The van der Waals surface area contributed by atoms with E-state index in [0.29, 0.717) is 23.5 Å². The molecule has 0 aliphatic carbocycles. The largest absolute Gasteiger partial charge is 0.364 e. The van der Waals surface area contributed by atoms with Gasteiger partial charge in [0.1, 0.15) is 16.8 Å². The van der Waals surface area contributed by atoms with Crippen molar-refractivity contribution >= 4 is 28.7 Å². The van der Waals surface area contributed by atoms with E-state index >= 15 is 0 Å². The summed E-state index contributed by atoms with van der Waals surface area (Å²) in [6.07, 6.45) is 2.73. The van der Waals surface area contributed by atoms with E-state index in [1.54, 1.807) is 20.9 Å². The first-order valence-corrected chi connectivity index (χ1v) is 8.88. The maximum atomic E-state index is 12.6. The van der Waals surface area contributed by atoms with Crippen LogP contribution < -0.4 is 5.32 Å². The summed E-state index contributed by atoms with van der Waals surface area (Å²) >= 11 is 1.32. The van der Waals surface area contributed by atoms with Gasteiger partial charge in [-0.15, -0.1) is 16.4 Å². The fourth-order valence-electron chi connectivity index (χ4n) is 3.06. The van der Waals surface area contributed by atoms with Crippen LogP contribution in [0.2, 0.25) is 0 Å². The summed E-state index contributed by atoms with van der Waals surface area (Å²) < 4.78 is 1.75. The van der Waals surface area contributed by atoms with Gasteiger partial charge >= 0.3 is 0 Å². The third kappa shape index (κ3) is 2.94. The van der Waals surface area contributed by atoms with Crippen LogP contribution in [0.15, 0.2) is 29.8 Å². The zero-order chi connectivity index (χ0) is 17.4. The molecule has 1 aliphatic rings. The summed E-state index contributed by atoms with van der Waals surface area (Å²) in [5.74, 6) is 0.697. The number of thiophene rings is 1. The highest BCUT2D eigenvalue weighted by atomic mass is 32.1. The van der Waals surface area contributed by atoms with Crippen LogP contribution in [0.4, 0.5) is 5.82 Å². The second-order valence-electron chi connectivity index (χ2n) is 6.06. The molecule has 1 unspecified atom stereocenters. The van der Waals surface area contributed by atoms with Gasteiger partial charge in [-0.05, 0) is 36.9 Å². The Balaban J connectivity index is 1.45. The van der Waals surface area contributed by atoms with Crippen molar-refractivity contribution in [2.45, 2.75) is 19.4 Å². The lowest BCUT2D eigenvalue weighted by atomic mass is 10.2. The van der Waals surface area contributed by atoms with Gasteiger partial charge in [0.2, 0.25) is 0 Å². The van der Waals surface area contributed by atoms with Gasteiger partial charge in [-0.3, -0.25) is 4.79 Å². The van der Waals surface area contributed by atoms with Crippen molar-refractivity contribution in [3.05, 3.63) is 45.9 Å². The maximum Gasteiger partial charge on any atom is 0.265 e. The van der Waals surface area contributed by atoms with Crippen LogP contribution in [0.1, 0.15) is 27.3 Å². The summed E-state index contributed by atoms with van der Waals surface area (Å²) in [6, 6.07) is 7.74. The van der Waals surface area contributed by atoms with Gasteiger partial charge in [-0.2, -0.15) is 5.26 Å². The van der Waals surface area contributed by atoms with Crippen LogP contribution in [0.25, 0.3) is 5.65 Å². The second kappa shape index (κ2) is 6.18. The monoisotopic (exact) mass is 352 g/mol. The van der Waals surface area contributed by atoms with Crippen molar-refractivity contribution in [2.24, 2.45) is 0 Å². The van der Waals surface area contributed by atoms with Gasteiger partial charge < -0.3 is 10.2 Å². The molecule has 3 aromatic heterocycles. The Kier molecular flexibility index (Phi) is 3.86. The fraction of sp³-hybridized carbons (Fsp3) is 0.294. The lowest BCUT2D eigenvalue weighted by Crippen LogP contribution is -2.31. The van der Waals surface area contributed by atoms with Crippen LogP contribution in [-0.4, -0.2) is 44.5 Å². The molecule has 1 saturated heterocycles. The zero-order valence-electron chi connectivity index (χ0n) is 13.6. The van der Waals surface area contributed by atoms with Crippen molar-refractivity contribution in [3.63, 3.8) is 0 Å². The molecule has 25 heavy (non-hydrogen) atoms. The van der Waals surface area contributed by atoms with Crippen molar-refractivity contribution < 1.29 is 4.79 Å². The maximum absolute atomic E-state index is 12.6. The molecule has 126 valence electrons. The van der Waals surface area contributed by atoms with Gasteiger partial charge in [0, 0.05) is 19.1 Å². The molecule has 0 bridgehead atoms. The van der Waals surface area contributed by atoms with Crippen LogP contribution in [0.5, 0.6) is 0 Å². The van der Waals surface area contributed by atoms with E-state index in [0.717, 1.165) is 23.6 Å². The summed E-state index contributed by atoms with van der Waals surface area (Å²) in [4.78, 5) is 19.3. The fourth-order valence-corrected chi connectivity index (χ4v) is 3.87. The topological polar surface area (TPSA) is 86.3 Å². The molecular weight excluding hydrogens is 336 g/mol. The predicted molar refractivity (Wildman–Crippen MR) is 94.7 cm³/mol. The van der Waals surface area contributed by atoms with E-state index in [1.165, 1.54) is 11.3 Å². The molecule has 4 heterocycles. The van der Waals surface area contributed by atoms with Crippen LogP contribution in [0.3, 0.4) is 0 Å². The highest BCUT2D eigenvalue weighted by molar-refractivity contribution is 7.12. The molecule has 1 N–H and O–H groups in total. The number of carbonyl (C=O) groups excluding carboxylic acids is 1. The number of likely N-dealkylation sites (tertiary alicyclic amines) is 1. The molecule has 4 rings (SSSR count). The van der Waals surface area contributed by atoms with Crippen LogP contribution in [0, 0.1) is 18.3 Å². The highest BCUT2D eigenvalue weighted by Crippen LogP contribution is 2.22. The van der Waals surface area contributed by atoms with E-state index in [2.05, 4.69) is 21.5 Å². The quantitative estimate of drug-likeness (QED) is 0.782. The Hall–Kier alpha value is -2.92. The average molecular weight is 352 g/mol. The number of hydrogen-bond donors (Lipinski definition) is 1. The molecular formula is C17H16N6OS. The van der Waals surface area contributed by atoms with E-state index in [-0.39, 0.29) is 11.9 Å². The van der Waals surface area contributed by atoms with E-state index in [9.17, 15) is 4.79 Å². The number of nitrogens with zero attached hydrogens (tertiary/aromatic N) is 5. The van der Waals surface area contributed by atoms with E-state index in [4.69, 9.17) is 5.26 Å². The van der Waals surface area contributed by atoms with Crippen molar-refractivity contribution in [1.82, 2.24) is 19.5 Å². The number of carbonyl (C=O) groups is 1. The second-order valence-corrected chi connectivity index (χ2v) is 6.98. The van der Waals surface area contributed by atoms with Gasteiger partial charge in [-0.1, -0.05) is 0 Å². The first-order chi connectivity index (χ1) is 12.1. The minimum Gasteiger partial charge on any atom is -0.364 e. The summed E-state index contributed by atoms with van der Waals surface area (Å²) in [6.45, 7) is 3.21. The summed E-state index contributed by atoms with van der Waals surface area (Å²) in [7, 11) is 0. The van der Waals surface area contributed by atoms with E-state index < -0.39 is 0 Å². The molecule has 0 saturated carbocycles. The highest BCUT2D eigenvalue weighted by Gasteiger charge is 2.29. The molecule has 0 radical (unpaired) electrons. The number of aryl methyl sites for hydroxylation is 1. The normalized spacial score (nSPS) is 17.0. The molecule has 0 aromatic carbocycles. The number of anilines is 1. The van der Waals surface area contributed by atoms with Crippen LogP contribution in [-0.2, 0) is 0 Å². The van der Waals surface area contributed by atoms with Gasteiger partial charge in [-0.25, -0.2) is 9.50 Å². The molecule has 1 aliphatic heterocycles. The third-order valence-electron chi connectivity index (χ3n) is 4.25. The first kappa shape index (κ1) is 15.6. The van der Waals surface area contributed by atoms with Gasteiger partial charge in [0.25, 0.3) is 5.91 Å². The number of nitriles is 1. The SMILES string of the molecule is Cc1cn2nc(NC3CCN(C(=O)c4sccc4C#N)C3)ccc2n1. The Morgan fingerprint density at radius 1 is 1.44 bits per heavy atom. The Labute approximate surface area is 148 Å². The van der Waals surface area contributed by atoms with E-state index in [1.807, 2.05) is 25.3 Å². The molecule has 0 spiro atoms. The number of aromatic nitrogens is 3. The minimum absolute atomic E-state index is 0.0653. The molecule has 1 amide bonds. The van der Waals surface area contributed by atoms with Gasteiger partial charge in [0.15, 0.2) is 5.65 Å². The van der Waals surface area contributed by atoms with Crippen molar-refractivity contribution in [2.75, 3.05) is 18.4 Å². The Bertz CT molecular complexity index is 985. The van der Waals surface area contributed by atoms with Crippen LogP contribution >= 0.6 is 11.3 Å². The molecule has 3 aromatic rings. The lowest BCUT2D eigenvalue weighted by molar-refractivity contribution is 0.0796. The summed E-state index contributed by atoms with van der Waals surface area (Å²) in [5, 5.41) is 18.8. The number of hydrogen-bond acceptors (Lipinski definition) is 6. The molecule has 8 heteroatoms. The predicted octanol–water partition coefficient (Wildman–Crippen LogP) is 2.30. The number of rotatable bonds is 3. The Morgan fingerprint density at radius 3 is 3.16 bits per heavy atom. The molecule has 1 atom stereocenters. The zero-order valence-corrected chi connectivity index (χ0v) is 14.5. The number of imidazole rings is 1. The smallest absolute Gasteiger partial charge is 0.265 e. The van der Waals surface area contributed by atoms with Crippen molar-refractivity contribution in [1.29, 1.82) is 5.26 Å². The number of nitrogens with one attached hydrogen (secondary N) is 1. The van der Waals surface area contributed by atoms with Gasteiger partial charge in [0.05, 0.1) is 17.5 Å². The molecule has 1 fully saturated rings.